The summed E-state index contributed by atoms with van der Waals surface area (Å²) in [6.45, 7) is 1.28. The number of carbonyl (C=O) groups is 3. The summed E-state index contributed by atoms with van der Waals surface area (Å²) in [7, 11) is 0. The number of hydrogen-bond donors (Lipinski definition) is 0. The van der Waals surface area contributed by atoms with Crippen LogP contribution in [0.25, 0.3) is 0 Å². The Hall–Kier alpha value is -2.57. The Morgan fingerprint density at radius 2 is 1.65 bits per heavy atom. The van der Waals surface area contributed by atoms with E-state index in [1.165, 1.54) is 31.2 Å². The van der Waals surface area contributed by atoms with E-state index in [4.69, 9.17) is 4.74 Å². The molecule has 4 amide bonds. The number of rotatable bonds is 2. The van der Waals surface area contributed by atoms with Crippen LogP contribution in [0.1, 0.15) is 6.92 Å². The molecular formula is C10H7N3O4. The molecule has 7 nitrogen and oxygen atoms in total. The number of anilines is 1. The number of hydrogen-bond acceptors (Lipinski definition) is 4. The Morgan fingerprint density at radius 1 is 1.12 bits per heavy atom. The number of imide groups is 1. The Labute approximate surface area is 95.7 Å². The molecule has 2 rings (SSSR count). The number of ether oxygens (including phenoxy) is 1. The fourth-order valence-electron chi connectivity index (χ4n) is 1.31. The molecule has 1 aliphatic rings. The van der Waals surface area contributed by atoms with Crippen LogP contribution in [0.2, 0.25) is 0 Å². The number of amides is 4. The summed E-state index contributed by atoms with van der Waals surface area (Å²) in [5, 5.41) is 6.25. The van der Waals surface area contributed by atoms with Crippen LogP contribution >= 0.6 is 0 Å². The Balaban J connectivity index is 2.21. The van der Waals surface area contributed by atoms with Crippen molar-refractivity contribution in [2.24, 2.45) is 10.2 Å². The minimum atomic E-state index is -0.741. The molecule has 86 valence electrons. The Kier molecular flexibility index (Phi) is 2.65. The van der Waals surface area contributed by atoms with Gasteiger partial charge in [-0.05, 0) is 24.3 Å². The SMILES string of the molecule is CC(=O)Oc1ccc(N2C(=O)N=NC2=O)cc1. The van der Waals surface area contributed by atoms with Gasteiger partial charge >= 0.3 is 18.0 Å². The maximum Gasteiger partial charge on any atom is 0.375 e. The quantitative estimate of drug-likeness (QED) is 0.578. The molecular weight excluding hydrogens is 226 g/mol. The van der Waals surface area contributed by atoms with Gasteiger partial charge in [0.15, 0.2) is 0 Å². The number of nitrogens with zero attached hydrogens (tertiary/aromatic N) is 3. The van der Waals surface area contributed by atoms with Gasteiger partial charge in [-0.25, -0.2) is 14.5 Å². The molecule has 0 aliphatic carbocycles. The zero-order valence-corrected chi connectivity index (χ0v) is 8.78. The molecule has 1 aromatic rings. The van der Waals surface area contributed by atoms with Crippen molar-refractivity contribution in [3.63, 3.8) is 0 Å². The summed E-state index contributed by atoms with van der Waals surface area (Å²) in [5.41, 5.74) is 0.320. The van der Waals surface area contributed by atoms with Crippen LogP contribution in [0.5, 0.6) is 5.75 Å². The van der Waals surface area contributed by atoms with Crippen molar-refractivity contribution >= 4 is 23.7 Å². The van der Waals surface area contributed by atoms with Crippen LogP contribution in [-0.4, -0.2) is 18.0 Å². The molecule has 0 atom stereocenters. The molecule has 1 heterocycles. The second-order valence-corrected chi connectivity index (χ2v) is 3.19. The average Bonchev–Trinajstić information content (AvgIpc) is 2.59. The van der Waals surface area contributed by atoms with Gasteiger partial charge in [0, 0.05) is 6.92 Å². The Bertz CT molecular complexity index is 503. The molecule has 0 fully saturated rings. The standard InChI is InChI=1S/C10H7N3O4/c1-6(14)17-8-4-2-7(3-5-8)13-9(15)11-12-10(13)16/h2-5H,1H3. The summed E-state index contributed by atoms with van der Waals surface area (Å²) < 4.78 is 4.81. The number of urea groups is 2. The third kappa shape index (κ3) is 2.17. The molecule has 0 saturated heterocycles. The first-order valence-corrected chi connectivity index (χ1v) is 4.66. The van der Waals surface area contributed by atoms with Crippen LogP contribution in [0.15, 0.2) is 34.5 Å². The summed E-state index contributed by atoms with van der Waals surface area (Å²) in [6, 6.07) is 4.38. The molecule has 0 unspecified atom stereocenters. The third-order valence-corrected chi connectivity index (χ3v) is 1.96. The number of benzene rings is 1. The van der Waals surface area contributed by atoms with E-state index < -0.39 is 18.0 Å². The van der Waals surface area contributed by atoms with E-state index in [1.807, 2.05) is 0 Å². The molecule has 7 heteroatoms. The molecule has 0 aromatic heterocycles. The van der Waals surface area contributed by atoms with Gasteiger partial charge < -0.3 is 4.74 Å². The van der Waals surface area contributed by atoms with Crippen LogP contribution < -0.4 is 9.64 Å². The van der Waals surface area contributed by atoms with Gasteiger partial charge in [0.2, 0.25) is 0 Å². The minimum Gasteiger partial charge on any atom is -0.427 e. The van der Waals surface area contributed by atoms with Gasteiger partial charge in [0.1, 0.15) is 5.75 Å². The van der Waals surface area contributed by atoms with Crippen molar-refractivity contribution < 1.29 is 19.1 Å². The molecule has 1 aliphatic heterocycles. The van der Waals surface area contributed by atoms with Crippen molar-refractivity contribution in [1.82, 2.24) is 0 Å². The maximum absolute atomic E-state index is 11.2. The second kappa shape index (κ2) is 4.12. The first kappa shape index (κ1) is 10.9. The second-order valence-electron chi connectivity index (χ2n) is 3.19. The van der Waals surface area contributed by atoms with Crippen LogP contribution in [-0.2, 0) is 4.79 Å². The highest BCUT2D eigenvalue weighted by Gasteiger charge is 2.28. The smallest absolute Gasteiger partial charge is 0.375 e. The third-order valence-electron chi connectivity index (χ3n) is 1.96. The van der Waals surface area contributed by atoms with Crippen molar-refractivity contribution in [3.8, 4) is 5.75 Å². The molecule has 0 N–H and O–H groups in total. The van der Waals surface area contributed by atoms with E-state index in [1.54, 1.807) is 0 Å². The van der Waals surface area contributed by atoms with E-state index in [0.717, 1.165) is 4.90 Å². The lowest BCUT2D eigenvalue weighted by Crippen LogP contribution is -2.27. The van der Waals surface area contributed by atoms with Gasteiger partial charge in [-0.2, -0.15) is 0 Å². The highest BCUT2D eigenvalue weighted by Crippen LogP contribution is 2.23. The van der Waals surface area contributed by atoms with E-state index in [-0.39, 0.29) is 0 Å². The van der Waals surface area contributed by atoms with E-state index in [2.05, 4.69) is 10.2 Å². The van der Waals surface area contributed by atoms with Crippen LogP contribution in [0, 0.1) is 0 Å². The number of azo groups is 1. The molecule has 0 saturated carbocycles. The predicted octanol–water partition coefficient (Wildman–Crippen LogP) is 2.12. The number of esters is 1. The number of carbonyl (C=O) groups excluding carboxylic acids is 3. The Morgan fingerprint density at radius 3 is 2.12 bits per heavy atom. The van der Waals surface area contributed by atoms with E-state index >= 15 is 0 Å². The zero-order chi connectivity index (χ0) is 12.4. The lowest BCUT2D eigenvalue weighted by Gasteiger charge is -2.10. The monoisotopic (exact) mass is 233 g/mol. The van der Waals surface area contributed by atoms with Crippen molar-refractivity contribution in [2.45, 2.75) is 6.92 Å². The van der Waals surface area contributed by atoms with E-state index in [9.17, 15) is 14.4 Å². The fourth-order valence-corrected chi connectivity index (χ4v) is 1.31. The first-order valence-electron chi connectivity index (χ1n) is 4.66. The van der Waals surface area contributed by atoms with Gasteiger partial charge in [-0.1, -0.05) is 10.2 Å². The minimum absolute atomic E-state index is 0.320. The molecule has 1 aromatic carbocycles. The summed E-state index contributed by atoms with van der Waals surface area (Å²) in [6.07, 6.45) is 0. The fraction of sp³-hybridized carbons (Fsp3) is 0.100. The zero-order valence-electron chi connectivity index (χ0n) is 8.78. The summed E-state index contributed by atoms with van der Waals surface area (Å²) >= 11 is 0. The van der Waals surface area contributed by atoms with E-state index in [0.29, 0.717) is 11.4 Å². The van der Waals surface area contributed by atoms with Crippen molar-refractivity contribution in [2.75, 3.05) is 4.90 Å². The van der Waals surface area contributed by atoms with Gasteiger partial charge in [-0.3, -0.25) is 4.79 Å². The molecule has 0 bridgehead atoms. The maximum atomic E-state index is 11.2. The lowest BCUT2D eigenvalue weighted by molar-refractivity contribution is -0.131. The average molecular weight is 233 g/mol. The highest BCUT2D eigenvalue weighted by molar-refractivity contribution is 6.17. The lowest BCUT2D eigenvalue weighted by atomic mass is 10.3. The van der Waals surface area contributed by atoms with Crippen molar-refractivity contribution in [1.29, 1.82) is 0 Å². The largest absolute Gasteiger partial charge is 0.427 e. The normalized spacial score (nSPS) is 14.3. The van der Waals surface area contributed by atoms with Crippen LogP contribution in [0.3, 0.4) is 0 Å². The summed E-state index contributed by atoms with van der Waals surface area (Å²) in [4.78, 5) is 33.9. The van der Waals surface area contributed by atoms with Crippen molar-refractivity contribution in [3.05, 3.63) is 24.3 Å². The predicted molar refractivity (Wildman–Crippen MR) is 55.9 cm³/mol. The summed E-state index contributed by atoms with van der Waals surface area (Å²) in [5.74, 6) is -0.120. The van der Waals surface area contributed by atoms with Gasteiger partial charge in [-0.15, -0.1) is 0 Å². The highest BCUT2D eigenvalue weighted by atomic mass is 16.5. The van der Waals surface area contributed by atoms with Crippen LogP contribution in [0.4, 0.5) is 15.3 Å². The van der Waals surface area contributed by atoms with Gasteiger partial charge in [0.25, 0.3) is 0 Å². The topological polar surface area (TPSA) is 88.4 Å². The first-order chi connectivity index (χ1) is 8.08. The molecule has 0 spiro atoms. The van der Waals surface area contributed by atoms with Gasteiger partial charge in [0.05, 0.1) is 5.69 Å². The molecule has 17 heavy (non-hydrogen) atoms. The molecule has 0 radical (unpaired) electrons.